The number of primary amides is 1. The van der Waals surface area contributed by atoms with Crippen LogP contribution in [0, 0.1) is 6.92 Å². The number of amides is 1. The van der Waals surface area contributed by atoms with Crippen LogP contribution in [0.2, 0.25) is 0 Å². The third-order valence-electron chi connectivity index (χ3n) is 5.94. The molecule has 0 aliphatic carbocycles. The van der Waals surface area contributed by atoms with Crippen molar-refractivity contribution in [3.05, 3.63) is 65.2 Å². The monoisotopic (exact) mass is 446 g/mol. The quantitative estimate of drug-likeness (QED) is 0.347. The number of aromatic hydroxyl groups is 1. The van der Waals surface area contributed by atoms with Crippen molar-refractivity contribution >= 4 is 35.0 Å². The lowest BCUT2D eigenvalue weighted by molar-refractivity contribution is 0.100. The predicted octanol–water partition coefficient (Wildman–Crippen LogP) is 4.51. The Labute approximate surface area is 193 Å². The lowest BCUT2D eigenvalue weighted by atomic mass is 10.0. The highest BCUT2D eigenvalue weighted by Gasteiger charge is 2.19. The van der Waals surface area contributed by atoms with E-state index in [4.69, 9.17) is 5.73 Å². The molecule has 1 aromatic heterocycles. The largest absolute Gasteiger partial charge is 0.507 e. The van der Waals surface area contributed by atoms with E-state index in [0.29, 0.717) is 23.7 Å². The molecule has 0 radical (unpaired) electrons. The number of benzene rings is 2. The molecule has 0 unspecified atom stereocenters. The highest BCUT2D eigenvalue weighted by atomic mass is 16.3. The highest BCUT2D eigenvalue weighted by molar-refractivity contribution is 6.03. The number of anilines is 4. The maximum atomic E-state index is 12.2. The minimum atomic E-state index is -0.590. The molecule has 0 atom stereocenters. The summed E-state index contributed by atoms with van der Waals surface area (Å²) in [4.78, 5) is 14.6. The van der Waals surface area contributed by atoms with Crippen LogP contribution in [0.5, 0.6) is 5.75 Å². The van der Waals surface area contributed by atoms with Gasteiger partial charge in [-0.25, -0.2) is 0 Å². The van der Waals surface area contributed by atoms with Crippen LogP contribution in [0.3, 0.4) is 0 Å². The van der Waals surface area contributed by atoms with E-state index in [-0.39, 0.29) is 11.3 Å². The number of aromatic amines is 1. The number of phenols is 1. The van der Waals surface area contributed by atoms with Crippen molar-refractivity contribution in [1.82, 2.24) is 10.2 Å². The smallest absolute Gasteiger partial charge is 0.256 e. The van der Waals surface area contributed by atoms with Crippen LogP contribution in [-0.4, -0.2) is 34.3 Å². The zero-order chi connectivity index (χ0) is 23.4. The zero-order valence-electron chi connectivity index (χ0n) is 18.8. The number of nitrogens with one attached hydrogen (secondary N) is 3. The fourth-order valence-corrected chi connectivity index (χ4v) is 4.18. The van der Waals surface area contributed by atoms with E-state index in [1.54, 1.807) is 6.08 Å². The maximum absolute atomic E-state index is 12.2. The molecule has 1 fully saturated rings. The van der Waals surface area contributed by atoms with Crippen molar-refractivity contribution in [3.8, 4) is 5.75 Å². The van der Waals surface area contributed by atoms with E-state index in [1.807, 2.05) is 31.2 Å². The first-order valence-corrected chi connectivity index (χ1v) is 11.1. The predicted molar refractivity (Wildman–Crippen MR) is 133 cm³/mol. The van der Waals surface area contributed by atoms with Crippen molar-refractivity contribution in [1.29, 1.82) is 0 Å². The molecule has 1 aliphatic heterocycles. The molecule has 172 valence electrons. The van der Waals surface area contributed by atoms with Crippen molar-refractivity contribution in [2.45, 2.75) is 32.7 Å². The normalized spacial score (nSPS) is 13.5. The minimum Gasteiger partial charge on any atom is -0.507 e. The fourth-order valence-electron chi connectivity index (χ4n) is 4.18. The van der Waals surface area contributed by atoms with Gasteiger partial charge in [0.1, 0.15) is 17.1 Å². The van der Waals surface area contributed by atoms with Crippen LogP contribution < -0.4 is 21.3 Å². The van der Waals surface area contributed by atoms with Gasteiger partial charge < -0.3 is 26.4 Å². The Morgan fingerprint density at radius 3 is 2.64 bits per heavy atom. The number of hydrogen-bond donors (Lipinski definition) is 5. The summed E-state index contributed by atoms with van der Waals surface area (Å²) >= 11 is 0. The number of aryl methyl sites for hydroxylation is 1. The second-order valence-corrected chi connectivity index (χ2v) is 8.31. The van der Waals surface area contributed by atoms with E-state index in [1.165, 1.54) is 24.9 Å². The molecule has 1 saturated heterocycles. The Morgan fingerprint density at radius 1 is 1.24 bits per heavy atom. The number of nitrogens with zero attached hydrogens (tertiary/aromatic N) is 2. The van der Waals surface area contributed by atoms with Gasteiger partial charge in [0, 0.05) is 36.6 Å². The average molecular weight is 447 g/mol. The summed E-state index contributed by atoms with van der Waals surface area (Å²) in [5.74, 6) is 0.420. The van der Waals surface area contributed by atoms with Gasteiger partial charge in [-0.1, -0.05) is 18.7 Å². The van der Waals surface area contributed by atoms with E-state index in [0.717, 1.165) is 29.9 Å². The van der Waals surface area contributed by atoms with Gasteiger partial charge in [0.15, 0.2) is 5.82 Å². The Morgan fingerprint density at radius 2 is 1.97 bits per heavy atom. The SMILES string of the molecule is C=Cc1cc(CNc2[nH]nc(Nc3ccc(N4CCCCC4)cc3)c2C(N)=O)cc(C)c1O. The summed E-state index contributed by atoms with van der Waals surface area (Å²) in [6.07, 6.45) is 5.35. The summed E-state index contributed by atoms with van der Waals surface area (Å²) in [7, 11) is 0. The van der Waals surface area contributed by atoms with Gasteiger partial charge in [0.25, 0.3) is 5.91 Å². The Bertz CT molecular complexity index is 1150. The van der Waals surface area contributed by atoms with Crippen molar-refractivity contribution in [2.75, 3.05) is 28.6 Å². The number of hydrogen-bond acceptors (Lipinski definition) is 6. The second-order valence-electron chi connectivity index (χ2n) is 8.31. The summed E-state index contributed by atoms with van der Waals surface area (Å²) in [5.41, 5.74) is 10.3. The summed E-state index contributed by atoms with van der Waals surface area (Å²) in [6.45, 7) is 8.15. The molecule has 4 rings (SSSR count). The first-order valence-electron chi connectivity index (χ1n) is 11.1. The van der Waals surface area contributed by atoms with Gasteiger partial charge in [-0.2, -0.15) is 5.10 Å². The number of phenolic OH excluding ortho intramolecular Hbond substituents is 1. The van der Waals surface area contributed by atoms with Crippen LogP contribution in [0.1, 0.15) is 46.3 Å². The Hall–Kier alpha value is -3.94. The van der Waals surface area contributed by atoms with Gasteiger partial charge >= 0.3 is 0 Å². The average Bonchev–Trinajstić information content (AvgIpc) is 3.23. The molecule has 2 aromatic carbocycles. The van der Waals surface area contributed by atoms with Crippen molar-refractivity contribution in [3.63, 3.8) is 0 Å². The lowest BCUT2D eigenvalue weighted by Gasteiger charge is -2.28. The zero-order valence-corrected chi connectivity index (χ0v) is 18.8. The lowest BCUT2D eigenvalue weighted by Crippen LogP contribution is -2.29. The third kappa shape index (κ3) is 4.95. The van der Waals surface area contributed by atoms with E-state index in [2.05, 4.69) is 44.4 Å². The molecule has 8 heteroatoms. The fraction of sp³-hybridized carbons (Fsp3) is 0.280. The number of carbonyl (C=O) groups is 1. The number of carbonyl (C=O) groups excluding carboxylic acids is 1. The van der Waals surface area contributed by atoms with Gasteiger partial charge in [-0.15, -0.1) is 0 Å². The molecule has 1 amide bonds. The number of aromatic nitrogens is 2. The highest BCUT2D eigenvalue weighted by Crippen LogP contribution is 2.28. The van der Waals surface area contributed by atoms with Crippen LogP contribution in [0.25, 0.3) is 6.08 Å². The number of nitrogens with two attached hydrogens (primary N) is 1. The first kappa shape index (κ1) is 22.3. The van der Waals surface area contributed by atoms with Gasteiger partial charge in [-0.3, -0.25) is 9.89 Å². The molecular formula is C25H30N6O2. The van der Waals surface area contributed by atoms with Crippen LogP contribution in [0.4, 0.5) is 23.0 Å². The maximum Gasteiger partial charge on any atom is 0.256 e. The topological polar surface area (TPSA) is 119 Å². The van der Waals surface area contributed by atoms with Crippen LogP contribution in [-0.2, 0) is 6.54 Å². The second kappa shape index (κ2) is 9.68. The van der Waals surface area contributed by atoms with Crippen molar-refractivity contribution in [2.24, 2.45) is 5.73 Å². The Kier molecular flexibility index (Phi) is 6.53. The third-order valence-corrected chi connectivity index (χ3v) is 5.94. The van der Waals surface area contributed by atoms with E-state index in [9.17, 15) is 9.90 Å². The molecule has 3 aromatic rings. The molecule has 1 aliphatic rings. The molecule has 6 N–H and O–H groups in total. The molecule has 8 nitrogen and oxygen atoms in total. The number of H-pyrrole nitrogens is 1. The first-order chi connectivity index (χ1) is 16.0. The summed E-state index contributed by atoms with van der Waals surface area (Å²) < 4.78 is 0. The summed E-state index contributed by atoms with van der Waals surface area (Å²) in [6, 6.07) is 11.8. The molecule has 0 saturated carbocycles. The van der Waals surface area contributed by atoms with Crippen molar-refractivity contribution < 1.29 is 9.90 Å². The molecule has 2 heterocycles. The number of piperidine rings is 1. The minimum absolute atomic E-state index is 0.214. The summed E-state index contributed by atoms with van der Waals surface area (Å²) in [5, 5.41) is 23.6. The standard InChI is InChI=1S/C25H30N6O2/c1-3-18-14-17(13-16(2)22(18)32)15-27-24-21(23(26)33)25(30-29-24)28-19-7-9-20(10-8-19)31-11-5-4-6-12-31/h3,7-10,13-14,32H,1,4-6,11-12,15H2,2H3,(H2,26,33)(H3,27,28,29,30). The van der Waals surface area contributed by atoms with E-state index < -0.39 is 5.91 Å². The van der Waals surface area contributed by atoms with Gasteiger partial charge in [0.05, 0.1) is 0 Å². The molecule has 33 heavy (non-hydrogen) atoms. The van der Waals surface area contributed by atoms with Crippen LogP contribution >= 0.6 is 0 Å². The van der Waals surface area contributed by atoms with E-state index >= 15 is 0 Å². The van der Waals surface area contributed by atoms with Gasteiger partial charge in [0.2, 0.25) is 0 Å². The molecule has 0 bridgehead atoms. The molecule has 0 spiro atoms. The molecular weight excluding hydrogens is 416 g/mol. The van der Waals surface area contributed by atoms with Gasteiger partial charge in [-0.05, 0) is 67.6 Å². The van der Waals surface area contributed by atoms with Crippen LogP contribution in [0.15, 0.2) is 43.0 Å². The Balaban J connectivity index is 1.48. The number of rotatable bonds is 8.